The van der Waals surface area contributed by atoms with E-state index in [1.54, 1.807) is 0 Å². The number of fused-ring (bicyclic) bond motifs is 1. The van der Waals surface area contributed by atoms with Crippen molar-refractivity contribution in [1.29, 1.82) is 0 Å². The minimum absolute atomic E-state index is 0.394. The van der Waals surface area contributed by atoms with Crippen LogP contribution in [0.5, 0.6) is 5.75 Å². The highest BCUT2D eigenvalue weighted by molar-refractivity contribution is 5.38. The summed E-state index contributed by atoms with van der Waals surface area (Å²) in [7, 11) is 0. The van der Waals surface area contributed by atoms with Gasteiger partial charge in [0.05, 0.1) is 0 Å². The molecule has 1 N–H and O–H groups in total. The molecular formula is C18H27NO2. The Balaban J connectivity index is 1.44. The Morgan fingerprint density at radius 2 is 2.00 bits per heavy atom. The van der Waals surface area contributed by atoms with Crippen LogP contribution >= 0.6 is 0 Å². The zero-order chi connectivity index (χ0) is 14.7. The quantitative estimate of drug-likeness (QED) is 0.904. The Hall–Kier alpha value is -1.06. The van der Waals surface area contributed by atoms with Crippen molar-refractivity contribution in [1.82, 2.24) is 4.90 Å². The number of aliphatic hydroxyl groups excluding tert-OH is 1. The Bertz CT molecular complexity index is 466. The molecule has 3 heteroatoms. The van der Waals surface area contributed by atoms with Gasteiger partial charge in [0.15, 0.2) is 0 Å². The lowest BCUT2D eigenvalue weighted by molar-refractivity contribution is 0.0563. The van der Waals surface area contributed by atoms with Gasteiger partial charge in [-0.05, 0) is 74.4 Å². The second-order valence-corrected chi connectivity index (χ2v) is 6.73. The Kier molecular flexibility index (Phi) is 4.81. The summed E-state index contributed by atoms with van der Waals surface area (Å²) in [6, 6.07) is 6.37. The van der Waals surface area contributed by atoms with E-state index in [1.807, 2.05) is 6.07 Å². The molecule has 3 nitrogen and oxygen atoms in total. The molecule has 0 bridgehead atoms. The van der Waals surface area contributed by atoms with E-state index in [-0.39, 0.29) is 0 Å². The summed E-state index contributed by atoms with van der Waals surface area (Å²) in [5, 5.41) is 10.2. The molecule has 1 fully saturated rings. The van der Waals surface area contributed by atoms with E-state index in [0.717, 1.165) is 31.3 Å². The first kappa shape index (κ1) is 14.9. The van der Waals surface area contributed by atoms with Crippen molar-refractivity contribution >= 4 is 0 Å². The minimum Gasteiger partial charge on any atom is -0.491 e. The van der Waals surface area contributed by atoms with Gasteiger partial charge in [-0.3, -0.25) is 0 Å². The van der Waals surface area contributed by atoms with Crippen LogP contribution in [0, 0.1) is 5.92 Å². The Morgan fingerprint density at radius 3 is 2.81 bits per heavy atom. The minimum atomic E-state index is -0.397. The van der Waals surface area contributed by atoms with Crippen LogP contribution in [0.4, 0.5) is 0 Å². The number of piperidine rings is 1. The van der Waals surface area contributed by atoms with Gasteiger partial charge in [-0.25, -0.2) is 0 Å². The predicted molar refractivity (Wildman–Crippen MR) is 84.8 cm³/mol. The molecule has 1 aliphatic heterocycles. The number of β-amino-alcohol motifs (C(OH)–C–C–N with tert-alkyl or cyclic N) is 1. The summed E-state index contributed by atoms with van der Waals surface area (Å²) in [6.45, 7) is 5.65. The van der Waals surface area contributed by atoms with E-state index in [0.29, 0.717) is 6.61 Å². The molecule has 1 aromatic rings. The lowest BCUT2D eigenvalue weighted by Crippen LogP contribution is -2.40. The van der Waals surface area contributed by atoms with E-state index in [9.17, 15) is 5.11 Å². The number of benzene rings is 1. The van der Waals surface area contributed by atoms with Crippen molar-refractivity contribution in [2.45, 2.75) is 45.1 Å². The molecule has 0 spiro atoms. The molecule has 1 saturated heterocycles. The van der Waals surface area contributed by atoms with Gasteiger partial charge in [0.25, 0.3) is 0 Å². The molecule has 1 aromatic carbocycles. The fourth-order valence-electron chi connectivity index (χ4n) is 3.43. The molecule has 0 unspecified atom stereocenters. The van der Waals surface area contributed by atoms with E-state index in [1.165, 1.54) is 43.2 Å². The normalized spacial score (nSPS) is 21.2. The molecule has 0 saturated carbocycles. The van der Waals surface area contributed by atoms with Gasteiger partial charge >= 0.3 is 0 Å². The number of hydrogen-bond acceptors (Lipinski definition) is 3. The van der Waals surface area contributed by atoms with Crippen LogP contribution in [0.25, 0.3) is 0 Å². The first-order chi connectivity index (χ1) is 10.2. The van der Waals surface area contributed by atoms with Crippen LogP contribution < -0.4 is 4.74 Å². The maximum atomic E-state index is 10.2. The smallest absolute Gasteiger partial charge is 0.119 e. The summed E-state index contributed by atoms with van der Waals surface area (Å²) >= 11 is 0. The van der Waals surface area contributed by atoms with Gasteiger partial charge in [0, 0.05) is 6.54 Å². The molecule has 3 rings (SSSR count). The third-order valence-corrected chi connectivity index (χ3v) is 4.86. The van der Waals surface area contributed by atoms with E-state index in [4.69, 9.17) is 4.74 Å². The highest BCUT2D eigenvalue weighted by Crippen LogP contribution is 2.26. The lowest BCUT2D eigenvalue weighted by atomic mass is 9.99. The molecule has 1 atom stereocenters. The average molecular weight is 289 g/mol. The highest BCUT2D eigenvalue weighted by Gasteiger charge is 2.19. The van der Waals surface area contributed by atoms with E-state index in [2.05, 4.69) is 24.0 Å². The van der Waals surface area contributed by atoms with Gasteiger partial charge < -0.3 is 14.7 Å². The van der Waals surface area contributed by atoms with Gasteiger partial charge in [-0.2, -0.15) is 0 Å². The van der Waals surface area contributed by atoms with Crippen LogP contribution in [0.1, 0.15) is 37.3 Å². The molecule has 116 valence electrons. The number of ether oxygens (including phenoxy) is 1. The van der Waals surface area contributed by atoms with Gasteiger partial charge in [0.1, 0.15) is 18.5 Å². The topological polar surface area (TPSA) is 32.7 Å². The molecule has 2 aliphatic rings. The summed E-state index contributed by atoms with van der Waals surface area (Å²) in [4.78, 5) is 2.36. The van der Waals surface area contributed by atoms with Gasteiger partial charge in [-0.15, -0.1) is 0 Å². The number of nitrogens with zero attached hydrogens (tertiary/aromatic N) is 1. The molecule has 0 radical (unpaired) electrons. The molecule has 1 heterocycles. The van der Waals surface area contributed by atoms with Crippen LogP contribution in [0.2, 0.25) is 0 Å². The van der Waals surface area contributed by atoms with Gasteiger partial charge in [-0.1, -0.05) is 13.0 Å². The standard InChI is InChI=1S/C18H27NO2/c1-14-7-9-19(10-8-14)12-17(20)13-21-18-6-5-15-3-2-4-16(15)11-18/h5-6,11,14,17,20H,2-4,7-10,12-13H2,1H3/t17-/m1/s1. The third-order valence-electron chi connectivity index (χ3n) is 4.86. The highest BCUT2D eigenvalue weighted by atomic mass is 16.5. The zero-order valence-corrected chi connectivity index (χ0v) is 13.1. The van der Waals surface area contributed by atoms with Crippen LogP contribution in [-0.4, -0.2) is 42.4 Å². The number of likely N-dealkylation sites (tertiary alicyclic amines) is 1. The molecule has 0 amide bonds. The SMILES string of the molecule is CC1CCN(C[C@@H](O)COc2ccc3c(c2)CCC3)CC1. The molecule has 21 heavy (non-hydrogen) atoms. The van der Waals surface area contributed by atoms with Crippen molar-refractivity contribution in [3.8, 4) is 5.75 Å². The number of aryl methyl sites for hydroxylation is 2. The fourth-order valence-corrected chi connectivity index (χ4v) is 3.43. The first-order valence-electron chi connectivity index (χ1n) is 8.36. The Morgan fingerprint density at radius 1 is 1.24 bits per heavy atom. The maximum absolute atomic E-state index is 10.2. The van der Waals surface area contributed by atoms with Crippen molar-refractivity contribution in [2.75, 3.05) is 26.2 Å². The first-order valence-corrected chi connectivity index (χ1v) is 8.36. The second kappa shape index (κ2) is 6.80. The third kappa shape index (κ3) is 3.98. The molecule has 0 aromatic heterocycles. The zero-order valence-electron chi connectivity index (χ0n) is 13.1. The maximum Gasteiger partial charge on any atom is 0.119 e. The summed E-state index contributed by atoms with van der Waals surface area (Å²) < 4.78 is 5.78. The van der Waals surface area contributed by atoms with Crippen molar-refractivity contribution in [3.63, 3.8) is 0 Å². The number of aliphatic hydroxyl groups is 1. The monoisotopic (exact) mass is 289 g/mol. The largest absolute Gasteiger partial charge is 0.491 e. The fraction of sp³-hybridized carbons (Fsp3) is 0.667. The van der Waals surface area contributed by atoms with E-state index >= 15 is 0 Å². The number of hydrogen-bond donors (Lipinski definition) is 1. The Labute approximate surface area is 127 Å². The van der Waals surface area contributed by atoms with Crippen LogP contribution in [-0.2, 0) is 12.8 Å². The van der Waals surface area contributed by atoms with Crippen molar-refractivity contribution in [2.24, 2.45) is 5.92 Å². The second-order valence-electron chi connectivity index (χ2n) is 6.73. The van der Waals surface area contributed by atoms with Crippen LogP contribution in [0.3, 0.4) is 0 Å². The molecular weight excluding hydrogens is 262 g/mol. The molecule has 1 aliphatic carbocycles. The van der Waals surface area contributed by atoms with Crippen molar-refractivity contribution < 1.29 is 9.84 Å². The number of rotatable bonds is 5. The summed E-state index contributed by atoms with van der Waals surface area (Å²) in [6.07, 6.45) is 5.73. The summed E-state index contributed by atoms with van der Waals surface area (Å²) in [5.41, 5.74) is 2.89. The van der Waals surface area contributed by atoms with E-state index < -0.39 is 6.10 Å². The summed E-state index contributed by atoms with van der Waals surface area (Å²) in [5.74, 6) is 1.74. The van der Waals surface area contributed by atoms with Crippen molar-refractivity contribution in [3.05, 3.63) is 29.3 Å². The van der Waals surface area contributed by atoms with Crippen LogP contribution in [0.15, 0.2) is 18.2 Å². The average Bonchev–Trinajstić information content (AvgIpc) is 2.95. The van der Waals surface area contributed by atoms with Gasteiger partial charge in [0.2, 0.25) is 0 Å². The predicted octanol–water partition coefficient (Wildman–Crippen LogP) is 2.65. The lowest BCUT2D eigenvalue weighted by Gasteiger charge is -2.31.